The fourth-order valence-corrected chi connectivity index (χ4v) is 2.21. The molecule has 112 valence electrons. The molecule has 1 N–H and O–H groups in total. The summed E-state index contributed by atoms with van der Waals surface area (Å²) in [5.74, 6) is 5.67. The van der Waals surface area contributed by atoms with E-state index in [-0.39, 0.29) is 12.0 Å². The zero-order valence-electron chi connectivity index (χ0n) is 12.7. The number of carbonyl (C=O) groups is 1. The molecular weight excluding hydrogens is 266 g/mol. The molecule has 1 aromatic rings. The average molecular weight is 287 g/mol. The molecule has 1 atom stereocenters. The molecule has 1 amide bonds. The van der Waals surface area contributed by atoms with Crippen LogP contribution in [0.25, 0.3) is 0 Å². The maximum atomic E-state index is 12.3. The van der Waals surface area contributed by atoms with Crippen LogP contribution in [0.4, 0.5) is 0 Å². The van der Waals surface area contributed by atoms with Crippen molar-refractivity contribution in [3.8, 4) is 11.8 Å². The maximum absolute atomic E-state index is 12.3. The van der Waals surface area contributed by atoms with Crippen molar-refractivity contribution in [3.63, 3.8) is 0 Å². The summed E-state index contributed by atoms with van der Waals surface area (Å²) >= 11 is 0. The Kier molecular flexibility index (Phi) is 4.66. The number of aliphatic hydroxyl groups is 1. The minimum absolute atomic E-state index is 0.0246. The SMILES string of the molecule is CO[C@H]1CCN(C(=O)c2ccc(C#CC(C)(C)O)cc2)C1. The van der Waals surface area contributed by atoms with Gasteiger partial charge in [0.25, 0.3) is 5.91 Å². The largest absolute Gasteiger partial charge is 0.380 e. The number of methoxy groups -OCH3 is 1. The third-order valence-electron chi connectivity index (χ3n) is 3.41. The Hall–Kier alpha value is -1.83. The highest BCUT2D eigenvalue weighted by atomic mass is 16.5. The number of hydrogen-bond donors (Lipinski definition) is 1. The minimum Gasteiger partial charge on any atom is -0.380 e. The van der Waals surface area contributed by atoms with Crippen molar-refractivity contribution in [2.45, 2.75) is 32.0 Å². The van der Waals surface area contributed by atoms with Crippen LogP contribution in [0.5, 0.6) is 0 Å². The Bertz CT molecular complexity index is 560. The van der Waals surface area contributed by atoms with Gasteiger partial charge in [-0.15, -0.1) is 0 Å². The normalized spacial score (nSPS) is 18.3. The molecular formula is C17H21NO3. The van der Waals surface area contributed by atoms with Gasteiger partial charge in [0.2, 0.25) is 0 Å². The predicted molar refractivity (Wildman–Crippen MR) is 80.9 cm³/mol. The van der Waals surface area contributed by atoms with Gasteiger partial charge in [-0.05, 0) is 44.5 Å². The molecule has 1 saturated heterocycles. The van der Waals surface area contributed by atoms with Crippen molar-refractivity contribution in [2.24, 2.45) is 0 Å². The van der Waals surface area contributed by atoms with Crippen LogP contribution in [0.15, 0.2) is 24.3 Å². The lowest BCUT2D eigenvalue weighted by Crippen LogP contribution is -2.29. The van der Waals surface area contributed by atoms with Gasteiger partial charge in [-0.3, -0.25) is 4.79 Å². The van der Waals surface area contributed by atoms with E-state index in [1.54, 1.807) is 45.2 Å². The molecule has 2 rings (SSSR count). The van der Waals surface area contributed by atoms with E-state index in [1.807, 2.05) is 4.90 Å². The van der Waals surface area contributed by atoms with E-state index in [4.69, 9.17) is 4.74 Å². The predicted octanol–water partition coefficient (Wildman–Crippen LogP) is 1.67. The Balaban J connectivity index is 2.05. The lowest BCUT2D eigenvalue weighted by molar-refractivity contribution is 0.0724. The molecule has 1 aromatic carbocycles. The van der Waals surface area contributed by atoms with E-state index in [1.165, 1.54) is 0 Å². The van der Waals surface area contributed by atoms with Crippen molar-refractivity contribution in [3.05, 3.63) is 35.4 Å². The molecule has 0 spiro atoms. The Morgan fingerprint density at radius 2 is 2.05 bits per heavy atom. The van der Waals surface area contributed by atoms with Crippen LogP contribution >= 0.6 is 0 Å². The Morgan fingerprint density at radius 1 is 1.38 bits per heavy atom. The van der Waals surface area contributed by atoms with Gasteiger partial charge in [0.1, 0.15) is 5.60 Å². The van der Waals surface area contributed by atoms with Gasteiger partial charge in [-0.1, -0.05) is 11.8 Å². The van der Waals surface area contributed by atoms with Gasteiger partial charge >= 0.3 is 0 Å². The van der Waals surface area contributed by atoms with E-state index in [2.05, 4.69) is 11.8 Å². The molecule has 1 heterocycles. The molecule has 4 heteroatoms. The zero-order chi connectivity index (χ0) is 15.5. The van der Waals surface area contributed by atoms with Crippen molar-refractivity contribution < 1.29 is 14.6 Å². The number of hydrogen-bond acceptors (Lipinski definition) is 3. The molecule has 21 heavy (non-hydrogen) atoms. The topological polar surface area (TPSA) is 49.8 Å². The zero-order valence-corrected chi connectivity index (χ0v) is 12.7. The molecule has 0 aliphatic carbocycles. The number of benzene rings is 1. The van der Waals surface area contributed by atoms with E-state index in [0.29, 0.717) is 12.1 Å². The molecule has 1 fully saturated rings. The standard InChI is InChI=1S/C17H21NO3/c1-17(2,20)10-8-13-4-6-14(7-5-13)16(19)18-11-9-15(12-18)21-3/h4-7,15,20H,9,11-12H2,1-3H3/t15-/m0/s1. The highest BCUT2D eigenvalue weighted by Gasteiger charge is 2.26. The van der Waals surface area contributed by atoms with Crippen LogP contribution in [0.1, 0.15) is 36.2 Å². The third-order valence-corrected chi connectivity index (χ3v) is 3.41. The minimum atomic E-state index is -1.01. The highest BCUT2D eigenvalue weighted by molar-refractivity contribution is 5.94. The van der Waals surface area contributed by atoms with Crippen LogP contribution in [-0.4, -0.2) is 47.8 Å². The summed E-state index contributed by atoms with van der Waals surface area (Å²) in [6.45, 7) is 4.65. The average Bonchev–Trinajstić information content (AvgIpc) is 2.93. The second-order valence-corrected chi connectivity index (χ2v) is 5.78. The molecule has 0 bridgehead atoms. The molecule has 0 radical (unpaired) electrons. The van der Waals surface area contributed by atoms with E-state index >= 15 is 0 Å². The van der Waals surface area contributed by atoms with Gasteiger partial charge in [-0.2, -0.15) is 0 Å². The smallest absolute Gasteiger partial charge is 0.253 e. The van der Waals surface area contributed by atoms with Crippen LogP contribution in [-0.2, 0) is 4.74 Å². The lowest BCUT2D eigenvalue weighted by atomic mass is 10.1. The van der Waals surface area contributed by atoms with Crippen LogP contribution in [0.2, 0.25) is 0 Å². The summed E-state index contributed by atoms with van der Waals surface area (Å²) < 4.78 is 5.27. The third kappa shape index (κ3) is 4.32. The van der Waals surface area contributed by atoms with E-state index < -0.39 is 5.60 Å². The maximum Gasteiger partial charge on any atom is 0.253 e. The summed E-state index contributed by atoms with van der Waals surface area (Å²) in [4.78, 5) is 14.1. The van der Waals surface area contributed by atoms with Crippen molar-refractivity contribution in [2.75, 3.05) is 20.2 Å². The number of carbonyl (C=O) groups excluding carboxylic acids is 1. The second-order valence-electron chi connectivity index (χ2n) is 5.78. The Labute approximate surface area is 125 Å². The number of likely N-dealkylation sites (tertiary alicyclic amines) is 1. The number of nitrogens with zero attached hydrogens (tertiary/aromatic N) is 1. The molecule has 4 nitrogen and oxygen atoms in total. The van der Waals surface area contributed by atoms with E-state index in [9.17, 15) is 9.90 Å². The number of rotatable bonds is 2. The molecule has 0 saturated carbocycles. The van der Waals surface area contributed by atoms with Gasteiger partial charge in [0, 0.05) is 31.3 Å². The van der Waals surface area contributed by atoms with Gasteiger partial charge in [0.05, 0.1) is 6.10 Å². The van der Waals surface area contributed by atoms with Crippen LogP contribution < -0.4 is 0 Å². The fraction of sp³-hybridized carbons (Fsp3) is 0.471. The first kappa shape index (κ1) is 15.6. The lowest BCUT2D eigenvalue weighted by Gasteiger charge is -2.16. The molecule has 0 unspecified atom stereocenters. The first-order chi connectivity index (χ1) is 9.89. The summed E-state index contributed by atoms with van der Waals surface area (Å²) in [5.41, 5.74) is 0.421. The fourth-order valence-electron chi connectivity index (χ4n) is 2.21. The molecule has 1 aliphatic heterocycles. The van der Waals surface area contributed by atoms with E-state index in [0.717, 1.165) is 18.5 Å². The molecule has 1 aliphatic rings. The first-order valence-electron chi connectivity index (χ1n) is 7.07. The van der Waals surface area contributed by atoms with Crippen molar-refractivity contribution in [1.29, 1.82) is 0 Å². The summed E-state index contributed by atoms with van der Waals surface area (Å²) in [6, 6.07) is 7.15. The quantitative estimate of drug-likeness (QED) is 0.842. The van der Waals surface area contributed by atoms with Crippen LogP contribution in [0.3, 0.4) is 0 Å². The monoisotopic (exact) mass is 287 g/mol. The summed E-state index contributed by atoms with van der Waals surface area (Å²) in [5, 5.41) is 9.57. The summed E-state index contributed by atoms with van der Waals surface area (Å²) in [7, 11) is 1.68. The van der Waals surface area contributed by atoms with Crippen LogP contribution in [0, 0.1) is 11.8 Å². The van der Waals surface area contributed by atoms with Crippen molar-refractivity contribution in [1.82, 2.24) is 4.90 Å². The number of ether oxygens (including phenoxy) is 1. The molecule has 0 aromatic heterocycles. The number of amides is 1. The van der Waals surface area contributed by atoms with Gasteiger partial charge in [0.15, 0.2) is 0 Å². The first-order valence-corrected chi connectivity index (χ1v) is 7.07. The Morgan fingerprint density at radius 3 is 2.57 bits per heavy atom. The summed E-state index contributed by atoms with van der Waals surface area (Å²) in [6.07, 6.45) is 1.03. The highest BCUT2D eigenvalue weighted by Crippen LogP contribution is 2.16. The van der Waals surface area contributed by atoms with Crippen molar-refractivity contribution >= 4 is 5.91 Å². The second kappa shape index (κ2) is 6.30. The van der Waals surface area contributed by atoms with Gasteiger partial charge < -0.3 is 14.7 Å². The van der Waals surface area contributed by atoms with Gasteiger partial charge in [-0.25, -0.2) is 0 Å².